The number of rotatable bonds is 3. The minimum atomic E-state index is 0. The van der Waals surface area contributed by atoms with Crippen molar-refractivity contribution in [2.24, 2.45) is 0 Å². The van der Waals surface area contributed by atoms with Crippen LogP contribution in [0.5, 0.6) is 0 Å². The molecule has 0 atom stereocenters. The molecule has 20 heavy (non-hydrogen) atoms. The van der Waals surface area contributed by atoms with Gasteiger partial charge in [0.1, 0.15) is 0 Å². The van der Waals surface area contributed by atoms with E-state index < -0.39 is 0 Å². The molecule has 1 N–H and O–H groups in total. The topological polar surface area (TPSA) is 12.0 Å². The van der Waals surface area contributed by atoms with Gasteiger partial charge in [-0.3, -0.25) is 6.08 Å². The number of halogens is 2. The Bertz CT molecular complexity index is 371. The molecule has 0 spiro atoms. The van der Waals surface area contributed by atoms with Gasteiger partial charge in [-0.05, 0) is 24.0 Å². The number of anilines is 1. The van der Waals surface area contributed by atoms with Crippen LogP contribution in [0.4, 0.5) is 5.69 Å². The molecule has 0 saturated heterocycles. The van der Waals surface area contributed by atoms with Crippen molar-refractivity contribution in [2.45, 2.75) is 33.1 Å². The Kier molecular flexibility index (Phi) is 18.8. The summed E-state index contributed by atoms with van der Waals surface area (Å²) < 4.78 is 0. The number of nitrogens with one attached hydrogen (secondary N) is 1. The van der Waals surface area contributed by atoms with Gasteiger partial charge in [0.05, 0.1) is 0 Å². The fourth-order valence-electron chi connectivity index (χ4n) is 1.90. The summed E-state index contributed by atoms with van der Waals surface area (Å²) in [6, 6.07) is 6.51. The molecule has 0 fully saturated rings. The van der Waals surface area contributed by atoms with Gasteiger partial charge in [0.2, 0.25) is 0 Å². The number of aryl methyl sites for hydroxylation is 2. The molecule has 0 aromatic heterocycles. The minimum Gasteiger partial charge on any atom is -1.00 e. The number of hydrogen-bond donors (Lipinski definition) is 1. The second-order valence-corrected chi connectivity index (χ2v) is 3.91. The molecule has 1 radical (unpaired) electrons. The molecule has 1 aromatic rings. The largest absolute Gasteiger partial charge is 3.00 e. The summed E-state index contributed by atoms with van der Waals surface area (Å²) in [4.78, 5) is 0. The molecule has 0 unspecified atom stereocenters. The first-order valence-electron chi connectivity index (χ1n) is 6.33. The molecular formula is C16H22Cl2NTi. The Balaban J connectivity index is -0.000000312. The third kappa shape index (κ3) is 8.16. The molecule has 4 heteroatoms. The van der Waals surface area contributed by atoms with E-state index in [0.717, 1.165) is 19.3 Å². The normalized spacial score (nSPS) is 10.3. The average molecular weight is 347 g/mol. The minimum absolute atomic E-state index is 0. The van der Waals surface area contributed by atoms with Gasteiger partial charge in [0, 0.05) is 12.7 Å². The van der Waals surface area contributed by atoms with Gasteiger partial charge in [0.25, 0.3) is 0 Å². The molecule has 0 bridgehead atoms. The van der Waals surface area contributed by atoms with Gasteiger partial charge in [-0.25, -0.2) is 12.2 Å². The van der Waals surface area contributed by atoms with Crippen LogP contribution < -0.4 is 30.1 Å². The summed E-state index contributed by atoms with van der Waals surface area (Å²) >= 11 is 0. The van der Waals surface area contributed by atoms with Crippen LogP contribution >= 0.6 is 0 Å². The van der Waals surface area contributed by atoms with Crippen molar-refractivity contribution in [2.75, 3.05) is 12.4 Å². The third-order valence-electron chi connectivity index (χ3n) is 2.83. The van der Waals surface area contributed by atoms with Crippen LogP contribution in [-0.4, -0.2) is 7.05 Å². The smallest absolute Gasteiger partial charge is 1.00 e. The summed E-state index contributed by atoms with van der Waals surface area (Å²) in [5.74, 6) is 0. The molecule has 1 aliphatic carbocycles. The standard InChI is InChI=1S/C11H17N.C5H5.2ClH.Ti/c1-4-9-7-6-8-10(5-2)11(9)12-3;1-2-4-5-3-1;;;/h6-8,12H,4-5H2,1-3H3;1-3H,4H2;2*1H;/q;-1;;;+3/p-2. The number of hydrogen-bond acceptors (Lipinski definition) is 1. The van der Waals surface area contributed by atoms with E-state index in [9.17, 15) is 0 Å². The van der Waals surface area contributed by atoms with E-state index in [1.807, 2.05) is 19.2 Å². The second kappa shape index (κ2) is 15.2. The van der Waals surface area contributed by atoms with Crippen molar-refractivity contribution >= 4 is 5.69 Å². The number of benzene rings is 1. The average Bonchev–Trinajstić information content (AvgIpc) is 2.96. The Hall–Kier alpha value is -0.206. The fraction of sp³-hybridized carbons (Fsp3) is 0.375. The van der Waals surface area contributed by atoms with Gasteiger partial charge in [0.15, 0.2) is 0 Å². The van der Waals surface area contributed by atoms with E-state index in [4.69, 9.17) is 0 Å². The van der Waals surface area contributed by atoms with Crippen LogP contribution in [0.1, 0.15) is 31.4 Å². The summed E-state index contributed by atoms with van der Waals surface area (Å²) in [7, 11) is 1.99. The van der Waals surface area contributed by atoms with Gasteiger partial charge in [-0.2, -0.15) is 6.08 Å². The van der Waals surface area contributed by atoms with E-state index >= 15 is 0 Å². The monoisotopic (exact) mass is 346 g/mol. The van der Waals surface area contributed by atoms with Crippen LogP contribution in [0, 0.1) is 6.08 Å². The summed E-state index contributed by atoms with van der Waals surface area (Å²) in [5, 5.41) is 3.27. The van der Waals surface area contributed by atoms with Crippen LogP contribution in [0.25, 0.3) is 0 Å². The van der Waals surface area contributed by atoms with Crippen LogP contribution in [0.15, 0.2) is 36.4 Å². The molecule has 1 aromatic carbocycles. The predicted molar refractivity (Wildman–Crippen MR) is 76.3 cm³/mol. The maximum Gasteiger partial charge on any atom is 3.00 e. The number of allylic oxidation sites excluding steroid dienone is 4. The predicted octanol–water partition coefficient (Wildman–Crippen LogP) is -1.84. The maximum atomic E-state index is 3.27. The van der Waals surface area contributed by atoms with E-state index in [1.54, 1.807) is 0 Å². The third-order valence-corrected chi connectivity index (χ3v) is 2.83. The van der Waals surface area contributed by atoms with E-state index in [2.05, 4.69) is 49.5 Å². The summed E-state index contributed by atoms with van der Waals surface area (Å²) in [6.07, 6.45) is 12.2. The zero-order valence-corrected chi connectivity index (χ0v) is 15.4. The SMILES string of the molecule is CCc1cccc(CC)c1NC.[C-]1=CC=CC1.[Cl-].[Cl-].[Ti+3]. The van der Waals surface area contributed by atoms with E-state index in [0.29, 0.717) is 0 Å². The van der Waals surface area contributed by atoms with Gasteiger partial charge < -0.3 is 30.1 Å². The van der Waals surface area contributed by atoms with Gasteiger partial charge in [-0.1, -0.05) is 32.0 Å². The van der Waals surface area contributed by atoms with E-state index in [1.165, 1.54) is 16.8 Å². The van der Waals surface area contributed by atoms with Crippen LogP contribution in [0.2, 0.25) is 0 Å². The van der Waals surface area contributed by atoms with Gasteiger partial charge in [-0.15, -0.1) is 6.42 Å². The Morgan fingerprint density at radius 2 is 1.65 bits per heavy atom. The zero-order chi connectivity index (χ0) is 12.5. The first-order chi connectivity index (χ1) is 8.33. The Labute approximate surface area is 151 Å². The first kappa shape index (κ1) is 24.8. The van der Waals surface area contributed by atoms with Crippen LogP contribution in [0.3, 0.4) is 0 Å². The van der Waals surface area contributed by atoms with Crippen molar-refractivity contribution in [3.63, 3.8) is 0 Å². The molecular weight excluding hydrogens is 325 g/mol. The van der Waals surface area contributed by atoms with Crippen molar-refractivity contribution in [1.82, 2.24) is 0 Å². The molecule has 2 rings (SSSR count). The molecule has 1 nitrogen and oxygen atoms in total. The number of para-hydroxylation sites is 1. The molecule has 0 saturated carbocycles. The molecule has 109 valence electrons. The molecule has 0 aliphatic heterocycles. The van der Waals surface area contributed by atoms with Crippen molar-refractivity contribution in [1.29, 1.82) is 0 Å². The molecule has 0 amide bonds. The fourth-order valence-corrected chi connectivity index (χ4v) is 1.90. The molecule has 1 aliphatic rings. The maximum absolute atomic E-state index is 3.27. The molecule has 0 heterocycles. The summed E-state index contributed by atoms with van der Waals surface area (Å²) in [6.45, 7) is 4.38. The van der Waals surface area contributed by atoms with Crippen LogP contribution in [-0.2, 0) is 34.6 Å². The zero-order valence-electron chi connectivity index (χ0n) is 12.3. The summed E-state index contributed by atoms with van der Waals surface area (Å²) in [5.41, 5.74) is 4.15. The van der Waals surface area contributed by atoms with Crippen molar-refractivity contribution in [3.05, 3.63) is 53.6 Å². The Morgan fingerprint density at radius 3 is 1.90 bits per heavy atom. The Morgan fingerprint density at radius 1 is 1.10 bits per heavy atom. The quantitative estimate of drug-likeness (QED) is 0.501. The van der Waals surface area contributed by atoms with Crippen molar-refractivity contribution in [3.8, 4) is 0 Å². The van der Waals surface area contributed by atoms with Gasteiger partial charge >= 0.3 is 21.7 Å². The van der Waals surface area contributed by atoms with E-state index in [-0.39, 0.29) is 46.5 Å². The second-order valence-electron chi connectivity index (χ2n) is 3.91. The first-order valence-corrected chi connectivity index (χ1v) is 6.33. The van der Waals surface area contributed by atoms with Crippen molar-refractivity contribution < 1.29 is 46.5 Å².